The molecule has 0 bridgehead atoms. The fourth-order valence-electron chi connectivity index (χ4n) is 5.94. The second kappa shape index (κ2) is 8.20. The molecule has 1 aliphatic carbocycles. The molecule has 7 nitrogen and oxygen atoms in total. The van der Waals surface area contributed by atoms with Crippen LogP contribution < -0.4 is 16.0 Å². The summed E-state index contributed by atoms with van der Waals surface area (Å²) in [5.74, 6) is -3.72. The van der Waals surface area contributed by atoms with Crippen LogP contribution in [0.3, 0.4) is 0 Å². The molecule has 2 heterocycles. The smallest absolute Gasteiger partial charge is 0.311 e. The van der Waals surface area contributed by atoms with Crippen LogP contribution in [0, 0.1) is 11.3 Å². The number of carboxylic acids is 1. The second-order valence-electron chi connectivity index (χ2n) is 9.78. The molecule has 4 N–H and O–H groups in total. The fourth-order valence-corrected chi connectivity index (χ4v) is 5.94. The number of fused-ring (bicyclic) bond motifs is 1. The van der Waals surface area contributed by atoms with Crippen LogP contribution in [-0.2, 0) is 20.8 Å². The van der Waals surface area contributed by atoms with Crippen molar-refractivity contribution in [3.63, 3.8) is 0 Å². The number of carboxylic acid groups (broad SMARTS) is 1. The highest BCUT2D eigenvalue weighted by Gasteiger charge is 2.68. The van der Waals surface area contributed by atoms with Gasteiger partial charge in [-0.05, 0) is 36.5 Å². The number of para-hydroxylation sites is 1. The zero-order valence-corrected chi connectivity index (χ0v) is 18.7. The number of nitrogens with zero attached hydrogens (tertiary/aromatic N) is 1. The number of rotatable bonds is 7. The van der Waals surface area contributed by atoms with Crippen molar-refractivity contribution in [2.24, 2.45) is 17.1 Å². The summed E-state index contributed by atoms with van der Waals surface area (Å²) in [7, 11) is 0. The van der Waals surface area contributed by atoms with Gasteiger partial charge in [0.1, 0.15) is 5.67 Å². The van der Waals surface area contributed by atoms with Crippen molar-refractivity contribution in [3.8, 4) is 0 Å². The van der Waals surface area contributed by atoms with E-state index in [9.17, 15) is 19.5 Å². The van der Waals surface area contributed by atoms with Crippen LogP contribution in [0.1, 0.15) is 36.3 Å². The molecule has 2 aromatic carbocycles. The van der Waals surface area contributed by atoms with E-state index in [0.717, 1.165) is 5.56 Å². The number of anilines is 1. The van der Waals surface area contributed by atoms with Gasteiger partial charge in [0.05, 0.1) is 17.4 Å². The highest BCUT2D eigenvalue weighted by Crippen LogP contribution is 2.58. The lowest BCUT2D eigenvalue weighted by Crippen LogP contribution is -2.64. The van der Waals surface area contributed by atoms with Gasteiger partial charge >= 0.3 is 5.97 Å². The molecular formula is C26H28FN3O4. The Morgan fingerprint density at radius 3 is 2.47 bits per heavy atom. The molecule has 5 rings (SSSR count). The maximum Gasteiger partial charge on any atom is 0.311 e. The molecule has 0 radical (unpaired) electrons. The SMILES string of the molecule is NC(=O)C1(C(N2C(=O)CC(C(=O)O)c3ccccc32)[C@@]2(F)CNC[C@H]2Cc2ccccc2)CC1. The van der Waals surface area contributed by atoms with Crippen LogP contribution in [0.25, 0.3) is 0 Å². The average molecular weight is 466 g/mol. The minimum Gasteiger partial charge on any atom is -0.481 e. The summed E-state index contributed by atoms with van der Waals surface area (Å²) in [6.07, 6.45) is 0.942. The molecule has 0 aromatic heterocycles. The molecule has 2 aliphatic heterocycles. The van der Waals surface area contributed by atoms with Gasteiger partial charge in [-0.2, -0.15) is 0 Å². The number of carbonyl (C=O) groups excluding carboxylic acids is 2. The number of hydrogen-bond donors (Lipinski definition) is 3. The van der Waals surface area contributed by atoms with Crippen molar-refractivity contribution in [3.05, 3.63) is 65.7 Å². The standard InChI is InChI=1S/C26H28FN3O4/c27-26(15-29-14-17(26)12-16-6-2-1-3-7-16)23(25(10-11-25)24(28)34)30-20-9-5-4-8-18(20)19(22(32)33)13-21(30)31/h1-9,17,19,23,29H,10-15H2,(H2,28,34)(H,32,33)/t17-,19?,23?,26-/m1/s1. The number of alkyl halides is 1. The van der Waals surface area contributed by atoms with Crippen LogP contribution in [0.15, 0.2) is 54.6 Å². The third kappa shape index (κ3) is 3.48. The van der Waals surface area contributed by atoms with Gasteiger partial charge in [-0.1, -0.05) is 48.5 Å². The number of amides is 2. The molecule has 2 amide bonds. The lowest BCUT2D eigenvalue weighted by Gasteiger charge is -2.47. The molecule has 34 heavy (non-hydrogen) atoms. The van der Waals surface area contributed by atoms with E-state index in [2.05, 4.69) is 5.32 Å². The molecular weight excluding hydrogens is 437 g/mol. The first kappa shape index (κ1) is 22.5. The van der Waals surface area contributed by atoms with Crippen LogP contribution in [-0.4, -0.2) is 47.7 Å². The molecule has 178 valence electrons. The van der Waals surface area contributed by atoms with Crippen LogP contribution in [0.2, 0.25) is 0 Å². The topological polar surface area (TPSA) is 113 Å². The predicted octanol–water partition coefficient (Wildman–Crippen LogP) is 2.40. The molecule has 2 unspecified atom stereocenters. The van der Waals surface area contributed by atoms with Crippen LogP contribution in [0.5, 0.6) is 0 Å². The van der Waals surface area contributed by atoms with Gasteiger partial charge in [-0.3, -0.25) is 14.4 Å². The van der Waals surface area contributed by atoms with Crippen molar-refractivity contribution < 1.29 is 23.9 Å². The van der Waals surface area contributed by atoms with E-state index >= 15 is 4.39 Å². The van der Waals surface area contributed by atoms with E-state index in [-0.39, 0.29) is 13.0 Å². The first-order valence-corrected chi connectivity index (χ1v) is 11.7. The minimum absolute atomic E-state index is 0.0154. The van der Waals surface area contributed by atoms with Crippen molar-refractivity contribution in [1.29, 1.82) is 0 Å². The van der Waals surface area contributed by atoms with Gasteiger partial charge < -0.3 is 21.1 Å². The second-order valence-corrected chi connectivity index (χ2v) is 9.78. The van der Waals surface area contributed by atoms with Crippen molar-refractivity contribution >= 4 is 23.5 Å². The highest BCUT2D eigenvalue weighted by molar-refractivity contribution is 6.03. The van der Waals surface area contributed by atoms with Gasteiger partial charge in [0, 0.05) is 31.1 Å². The number of hydrogen-bond acceptors (Lipinski definition) is 4. The number of halogens is 1. The van der Waals surface area contributed by atoms with E-state index in [1.165, 1.54) is 4.90 Å². The van der Waals surface area contributed by atoms with E-state index < -0.39 is 46.7 Å². The largest absolute Gasteiger partial charge is 0.481 e. The fraction of sp³-hybridized carbons (Fsp3) is 0.423. The molecule has 0 spiro atoms. The Morgan fingerprint density at radius 2 is 1.82 bits per heavy atom. The summed E-state index contributed by atoms with van der Waals surface area (Å²) in [4.78, 5) is 39.5. The summed E-state index contributed by atoms with van der Waals surface area (Å²) in [6.45, 7) is 0.386. The molecule has 1 saturated carbocycles. The van der Waals surface area contributed by atoms with Gasteiger partial charge in [-0.15, -0.1) is 0 Å². The van der Waals surface area contributed by atoms with Crippen molar-refractivity contribution in [2.45, 2.75) is 43.3 Å². The van der Waals surface area contributed by atoms with Crippen LogP contribution >= 0.6 is 0 Å². The lowest BCUT2D eigenvalue weighted by atomic mass is 9.72. The summed E-state index contributed by atoms with van der Waals surface area (Å²) < 4.78 is 17.4. The molecule has 2 fully saturated rings. The summed E-state index contributed by atoms with van der Waals surface area (Å²) in [5.41, 5.74) is 4.51. The molecule has 8 heteroatoms. The van der Waals surface area contributed by atoms with E-state index in [0.29, 0.717) is 37.1 Å². The monoisotopic (exact) mass is 465 g/mol. The summed E-state index contributed by atoms with van der Waals surface area (Å²) in [6, 6.07) is 15.2. The van der Waals surface area contributed by atoms with E-state index in [4.69, 9.17) is 5.73 Å². The lowest BCUT2D eigenvalue weighted by molar-refractivity contribution is -0.141. The Balaban J connectivity index is 1.63. The zero-order chi connectivity index (χ0) is 24.1. The van der Waals surface area contributed by atoms with Crippen molar-refractivity contribution in [1.82, 2.24) is 5.32 Å². The Kier molecular flexibility index (Phi) is 5.43. The number of carbonyl (C=O) groups is 3. The Hall–Kier alpha value is -3.26. The highest BCUT2D eigenvalue weighted by atomic mass is 19.1. The summed E-state index contributed by atoms with van der Waals surface area (Å²) in [5, 5.41) is 12.9. The quantitative estimate of drug-likeness (QED) is 0.581. The van der Waals surface area contributed by atoms with Crippen LogP contribution in [0.4, 0.5) is 10.1 Å². The first-order chi connectivity index (χ1) is 16.3. The van der Waals surface area contributed by atoms with Gasteiger partial charge in [0.25, 0.3) is 0 Å². The summed E-state index contributed by atoms with van der Waals surface area (Å²) >= 11 is 0. The number of nitrogens with one attached hydrogen (secondary N) is 1. The Bertz CT molecular complexity index is 1140. The third-order valence-corrected chi connectivity index (χ3v) is 7.82. The zero-order valence-electron chi connectivity index (χ0n) is 18.7. The Labute approximate surface area is 197 Å². The number of primary amides is 1. The van der Waals surface area contributed by atoms with E-state index in [1.54, 1.807) is 24.3 Å². The molecule has 1 saturated heterocycles. The van der Waals surface area contributed by atoms with Gasteiger partial charge in [-0.25, -0.2) is 4.39 Å². The number of aliphatic carboxylic acids is 1. The Morgan fingerprint density at radius 1 is 1.15 bits per heavy atom. The van der Waals surface area contributed by atoms with Crippen molar-refractivity contribution in [2.75, 3.05) is 18.0 Å². The maximum absolute atomic E-state index is 17.4. The minimum atomic E-state index is -1.93. The molecule has 2 aromatic rings. The first-order valence-electron chi connectivity index (χ1n) is 11.7. The number of nitrogens with two attached hydrogens (primary N) is 1. The predicted molar refractivity (Wildman–Crippen MR) is 124 cm³/mol. The third-order valence-electron chi connectivity index (χ3n) is 7.82. The average Bonchev–Trinajstić information content (AvgIpc) is 3.54. The van der Waals surface area contributed by atoms with Gasteiger partial charge in [0.2, 0.25) is 11.8 Å². The molecule has 3 aliphatic rings. The van der Waals surface area contributed by atoms with E-state index in [1.807, 2.05) is 30.3 Å². The van der Waals surface area contributed by atoms with Gasteiger partial charge in [0.15, 0.2) is 0 Å². The normalized spacial score (nSPS) is 28.3. The number of benzene rings is 2. The molecule has 4 atom stereocenters. The maximum atomic E-state index is 17.4.